The second-order valence-corrected chi connectivity index (χ2v) is 21.7. The fourth-order valence-corrected chi connectivity index (χ4v) is 10.9. The van der Waals surface area contributed by atoms with Gasteiger partial charge in [0.1, 0.15) is 36.6 Å². The molecule has 2 N–H and O–H groups in total. The standard InChI is InChI=1S/C52H89NO18/c1-25(2)19-37(54)67-43-33(10)42(28(5)24-63-50-46(61-17)45(60-16)40(56)36(13)66-50)69-48(58)35(12)44(68-38-21-29(6)53(15)23-31(8)64-38)32(9)41(70-49-39(55)26(3)20-30(7)65-49)27(4)22-52(14,47(57)34(43)11)71-51(59)62-18/h25,27-36,38-46,49-50,55-56H,3,19-24H2,1-2,4-18H3/t27-,28-,29?,30+,31-,32+,33-,34+,35+,36+,38-,39+,40+,41-,42+,43+,44-,45+,46+,49-,50+,52-/m0/s1. The monoisotopic (exact) mass is 1020 g/mol. The zero-order chi connectivity index (χ0) is 53.4. The Morgan fingerprint density at radius 1 is 0.817 bits per heavy atom. The number of methoxy groups -OCH3 is 3. The van der Waals surface area contributed by atoms with Gasteiger partial charge >= 0.3 is 18.1 Å². The Bertz CT molecular complexity index is 1750. The molecule has 0 amide bonds. The second-order valence-electron chi connectivity index (χ2n) is 21.7. The largest absolute Gasteiger partial charge is 0.508 e. The van der Waals surface area contributed by atoms with Crippen molar-refractivity contribution < 1.29 is 86.2 Å². The third kappa shape index (κ3) is 15.4. The molecule has 0 bridgehead atoms. The number of nitrogens with zero attached hydrogens (tertiary/aromatic N) is 1. The Hall–Kier alpha value is -2.82. The fourth-order valence-electron chi connectivity index (χ4n) is 10.9. The highest BCUT2D eigenvalue weighted by atomic mass is 16.7. The number of ketones is 1. The molecule has 4 fully saturated rings. The van der Waals surface area contributed by atoms with Gasteiger partial charge in [-0.05, 0) is 78.8 Å². The molecule has 0 aromatic carbocycles. The molecule has 4 rings (SSSR count). The summed E-state index contributed by atoms with van der Waals surface area (Å²) in [6.07, 6.45) is -12.9. The molecule has 0 aromatic rings. The molecule has 22 atom stereocenters. The van der Waals surface area contributed by atoms with Crippen molar-refractivity contribution in [2.45, 2.75) is 213 Å². The highest BCUT2D eigenvalue weighted by molar-refractivity contribution is 5.91. The molecule has 0 saturated carbocycles. The Labute approximate surface area is 422 Å². The van der Waals surface area contributed by atoms with Gasteiger partial charge in [0.15, 0.2) is 30.3 Å². The van der Waals surface area contributed by atoms with Crippen molar-refractivity contribution in [2.24, 2.45) is 41.4 Å². The third-order valence-corrected chi connectivity index (χ3v) is 15.0. The van der Waals surface area contributed by atoms with Crippen LogP contribution in [0, 0.1) is 41.4 Å². The van der Waals surface area contributed by atoms with E-state index in [0.29, 0.717) is 25.0 Å². The molecule has 410 valence electrons. The van der Waals surface area contributed by atoms with E-state index in [4.69, 9.17) is 56.8 Å². The zero-order valence-electron chi connectivity index (χ0n) is 45.5. The number of carbonyl (C=O) groups is 4. The molecule has 0 aromatic heterocycles. The van der Waals surface area contributed by atoms with Gasteiger partial charge in [-0.25, -0.2) is 4.79 Å². The minimum absolute atomic E-state index is 0.0195. The predicted octanol–water partition coefficient (Wildman–Crippen LogP) is 5.62. The Balaban J connectivity index is 1.94. The zero-order valence-corrected chi connectivity index (χ0v) is 45.5. The van der Waals surface area contributed by atoms with Gasteiger partial charge in [-0.15, -0.1) is 0 Å². The van der Waals surface area contributed by atoms with Crippen molar-refractivity contribution in [3.05, 3.63) is 12.2 Å². The number of hydrogen-bond acceptors (Lipinski definition) is 19. The van der Waals surface area contributed by atoms with E-state index in [1.54, 1.807) is 34.6 Å². The molecule has 19 heteroatoms. The summed E-state index contributed by atoms with van der Waals surface area (Å²) in [5, 5.41) is 22.3. The summed E-state index contributed by atoms with van der Waals surface area (Å²) in [5.41, 5.74) is -1.42. The molecular weight excluding hydrogens is 927 g/mol. The summed E-state index contributed by atoms with van der Waals surface area (Å²) in [5.74, 6) is -7.16. The van der Waals surface area contributed by atoms with Gasteiger partial charge in [-0.2, -0.15) is 0 Å². The van der Waals surface area contributed by atoms with E-state index >= 15 is 9.59 Å². The lowest BCUT2D eigenvalue weighted by Crippen LogP contribution is -2.59. The molecule has 1 unspecified atom stereocenters. The van der Waals surface area contributed by atoms with Crippen LogP contribution in [0.25, 0.3) is 0 Å². The summed E-state index contributed by atoms with van der Waals surface area (Å²) >= 11 is 0. The number of aliphatic hydroxyl groups excluding tert-OH is 2. The summed E-state index contributed by atoms with van der Waals surface area (Å²) in [6, 6.07) is 0.0344. The van der Waals surface area contributed by atoms with Crippen LogP contribution in [0.4, 0.5) is 4.79 Å². The van der Waals surface area contributed by atoms with Crippen LogP contribution in [0.3, 0.4) is 0 Å². The number of ether oxygens (including phenoxy) is 12. The van der Waals surface area contributed by atoms with Crippen LogP contribution in [0.1, 0.15) is 116 Å². The molecule has 4 aliphatic heterocycles. The minimum Gasteiger partial charge on any atom is -0.461 e. The van der Waals surface area contributed by atoms with Crippen molar-refractivity contribution in [1.82, 2.24) is 4.90 Å². The average molecular weight is 1020 g/mol. The first-order valence-electron chi connectivity index (χ1n) is 25.6. The molecule has 71 heavy (non-hydrogen) atoms. The number of likely N-dealkylation sites (N-methyl/N-ethyl adjacent to an activating group) is 1. The molecule has 0 radical (unpaired) electrons. The van der Waals surface area contributed by atoms with Crippen LogP contribution in [0.5, 0.6) is 0 Å². The van der Waals surface area contributed by atoms with Crippen LogP contribution < -0.4 is 0 Å². The Morgan fingerprint density at radius 3 is 2.07 bits per heavy atom. The maximum absolute atomic E-state index is 15.4. The first kappa shape index (κ1) is 60.7. The predicted molar refractivity (Wildman–Crippen MR) is 258 cm³/mol. The van der Waals surface area contributed by atoms with Crippen LogP contribution in [-0.2, 0) is 71.2 Å². The Kier molecular flexibility index (Phi) is 22.8. The molecule has 0 aliphatic carbocycles. The van der Waals surface area contributed by atoms with Crippen molar-refractivity contribution in [1.29, 1.82) is 0 Å². The summed E-state index contributed by atoms with van der Waals surface area (Å²) in [4.78, 5) is 59.8. The van der Waals surface area contributed by atoms with Gasteiger partial charge in [0.25, 0.3) is 0 Å². The van der Waals surface area contributed by atoms with Gasteiger partial charge in [0.05, 0.1) is 56.1 Å². The van der Waals surface area contributed by atoms with Crippen LogP contribution in [0.2, 0.25) is 0 Å². The van der Waals surface area contributed by atoms with Gasteiger partial charge in [0, 0.05) is 57.4 Å². The minimum atomic E-state index is -1.93. The molecule has 4 aliphatic rings. The van der Waals surface area contributed by atoms with Crippen molar-refractivity contribution in [3.63, 3.8) is 0 Å². The number of hydrogen-bond donors (Lipinski definition) is 2. The lowest BCUT2D eigenvalue weighted by atomic mass is 9.74. The number of carbonyl (C=O) groups excluding carboxylic acids is 4. The SMILES string of the molecule is C=C1C[C@@H](C)O[C@@H](O[C@@H]2[C@@H](C)[C@H](O[C@H]3CC(C)N(C)C[C@H](C)O3)[C@@H](C)C(=O)O[C@H]([C@@H](C)CO[C@@H]3O[C@H](C)[C@@H](O)[C@@H](OC)[C@H]3OC)[C@H](C)[C@@H](OC(=O)CC(C)C)[C@@H](C)C(=O)[C@@](C)(OC(=O)OC)C[C@@H]2C)[C@@H]1O. The number of aliphatic hydroxyl groups is 2. The number of rotatable bonds is 14. The van der Waals surface area contributed by atoms with E-state index in [9.17, 15) is 19.8 Å². The first-order chi connectivity index (χ1) is 33.2. The van der Waals surface area contributed by atoms with Gasteiger partial charge in [-0.1, -0.05) is 55.0 Å². The third-order valence-electron chi connectivity index (χ3n) is 15.0. The van der Waals surface area contributed by atoms with Crippen LogP contribution >= 0.6 is 0 Å². The highest BCUT2D eigenvalue weighted by Gasteiger charge is 2.52. The first-order valence-corrected chi connectivity index (χ1v) is 25.6. The lowest BCUT2D eigenvalue weighted by molar-refractivity contribution is -0.305. The smallest absolute Gasteiger partial charge is 0.461 e. The van der Waals surface area contributed by atoms with Gasteiger partial charge in [-0.3, -0.25) is 14.4 Å². The number of cyclic esters (lactones) is 1. The fraction of sp³-hybridized carbons (Fsp3) is 0.885. The number of Topliss-reactive ketones (excluding diaryl/α,β-unsaturated/α-hetero) is 1. The lowest BCUT2D eigenvalue weighted by Gasteiger charge is -2.45. The molecule has 4 heterocycles. The summed E-state index contributed by atoms with van der Waals surface area (Å²) in [6.45, 7) is 27.9. The van der Waals surface area contributed by atoms with Crippen molar-refractivity contribution in [3.8, 4) is 0 Å². The molecule has 4 saturated heterocycles. The van der Waals surface area contributed by atoms with E-state index in [-0.39, 0.29) is 43.6 Å². The quantitative estimate of drug-likeness (QED) is 0.122. The van der Waals surface area contributed by atoms with Crippen molar-refractivity contribution in [2.75, 3.05) is 41.5 Å². The number of esters is 2. The van der Waals surface area contributed by atoms with Gasteiger partial charge in [0.2, 0.25) is 0 Å². The summed E-state index contributed by atoms with van der Waals surface area (Å²) in [7, 11) is 6.06. The second kappa shape index (κ2) is 26.6. The normalized spacial score (nSPS) is 42.1. The van der Waals surface area contributed by atoms with E-state index < -0.39 is 139 Å². The topological polar surface area (TPSA) is 223 Å². The van der Waals surface area contributed by atoms with E-state index in [1.165, 1.54) is 21.1 Å². The van der Waals surface area contributed by atoms with E-state index in [0.717, 1.165) is 7.11 Å². The molecule has 0 spiro atoms. The summed E-state index contributed by atoms with van der Waals surface area (Å²) < 4.78 is 74.3. The van der Waals surface area contributed by atoms with Crippen LogP contribution in [0.15, 0.2) is 12.2 Å². The average Bonchev–Trinajstić information content (AvgIpc) is 3.42. The van der Waals surface area contributed by atoms with E-state index in [1.807, 2.05) is 48.6 Å². The van der Waals surface area contributed by atoms with Crippen molar-refractivity contribution >= 4 is 23.9 Å². The Morgan fingerprint density at radius 2 is 1.46 bits per heavy atom. The van der Waals surface area contributed by atoms with Crippen LogP contribution in [-0.4, -0.2) is 178 Å². The highest BCUT2D eigenvalue weighted by Crippen LogP contribution is 2.41. The van der Waals surface area contributed by atoms with E-state index in [2.05, 4.69) is 18.4 Å². The maximum atomic E-state index is 15.4. The molecular formula is C52H89NO18. The maximum Gasteiger partial charge on any atom is 0.508 e. The molecule has 19 nitrogen and oxygen atoms in total. The van der Waals surface area contributed by atoms with Gasteiger partial charge < -0.3 is 72.0 Å².